The number of sulfonamides is 1. The van der Waals surface area contributed by atoms with Gasteiger partial charge in [-0.05, 0) is 37.6 Å². The highest BCUT2D eigenvalue weighted by atomic mass is 32.2. The van der Waals surface area contributed by atoms with Gasteiger partial charge in [-0.15, -0.1) is 0 Å². The number of aryl methyl sites for hydroxylation is 1. The van der Waals surface area contributed by atoms with Crippen LogP contribution >= 0.6 is 0 Å². The third-order valence-corrected chi connectivity index (χ3v) is 7.28. The van der Waals surface area contributed by atoms with Gasteiger partial charge >= 0.3 is 0 Å². The molecule has 0 radical (unpaired) electrons. The molecule has 0 aliphatic carbocycles. The zero-order valence-electron chi connectivity index (χ0n) is 16.7. The van der Waals surface area contributed by atoms with Crippen molar-refractivity contribution in [1.82, 2.24) is 14.2 Å². The molecule has 3 heterocycles. The SMILES string of the molecule is Cc1cc2c(cc1S(=O)(=O)N1CCN(C(=O)c3ccccn3)CC1)O[C@H](C)C(=O)N2. The standard InChI is InChI=1S/C20H22N4O5S/c1-13-11-16-17(29-14(2)19(25)22-16)12-18(13)30(27,28)24-9-7-23(8-10-24)20(26)15-5-3-4-6-21-15/h3-6,11-12,14H,7-10H2,1-2H3,(H,22,25)/t14-/m1/s1. The number of amides is 2. The molecule has 0 bridgehead atoms. The van der Waals surface area contributed by atoms with Crippen molar-refractivity contribution >= 4 is 27.5 Å². The Morgan fingerprint density at radius 2 is 1.93 bits per heavy atom. The summed E-state index contributed by atoms with van der Waals surface area (Å²) < 4.78 is 33.4. The minimum atomic E-state index is -3.78. The first-order valence-corrected chi connectivity index (χ1v) is 11.0. The van der Waals surface area contributed by atoms with E-state index in [2.05, 4.69) is 10.3 Å². The maximum Gasteiger partial charge on any atom is 0.272 e. The number of rotatable bonds is 3. The lowest BCUT2D eigenvalue weighted by Crippen LogP contribution is -2.50. The first-order chi connectivity index (χ1) is 14.3. The molecule has 0 unspecified atom stereocenters. The Balaban J connectivity index is 1.52. The van der Waals surface area contributed by atoms with E-state index in [1.807, 2.05) is 0 Å². The van der Waals surface area contributed by atoms with Gasteiger partial charge in [0.2, 0.25) is 10.0 Å². The second-order valence-electron chi connectivity index (χ2n) is 7.27. The zero-order valence-corrected chi connectivity index (χ0v) is 17.5. The Hall–Kier alpha value is -2.98. The number of pyridine rings is 1. The normalized spacial score (nSPS) is 19.6. The fourth-order valence-electron chi connectivity index (χ4n) is 3.54. The predicted molar refractivity (Wildman–Crippen MR) is 109 cm³/mol. The monoisotopic (exact) mass is 430 g/mol. The average Bonchev–Trinajstić information content (AvgIpc) is 2.74. The molecule has 10 heteroatoms. The van der Waals surface area contributed by atoms with Crippen LogP contribution in [0.1, 0.15) is 23.0 Å². The Bertz CT molecular complexity index is 1100. The Labute approximate surface area is 174 Å². The molecule has 1 aromatic carbocycles. The molecule has 30 heavy (non-hydrogen) atoms. The largest absolute Gasteiger partial charge is 0.479 e. The van der Waals surface area contributed by atoms with Gasteiger partial charge < -0.3 is 15.0 Å². The summed E-state index contributed by atoms with van der Waals surface area (Å²) in [4.78, 5) is 30.1. The van der Waals surface area contributed by atoms with Crippen LogP contribution in [0.25, 0.3) is 0 Å². The molecule has 1 fully saturated rings. The molecule has 1 aromatic heterocycles. The second-order valence-corrected chi connectivity index (χ2v) is 9.18. The van der Waals surface area contributed by atoms with Gasteiger partial charge in [-0.3, -0.25) is 14.6 Å². The lowest BCUT2D eigenvalue weighted by molar-refractivity contribution is -0.122. The quantitative estimate of drug-likeness (QED) is 0.785. The summed E-state index contributed by atoms with van der Waals surface area (Å²) in [6.45, 7) is 4.21. The first-order valence-electron chi connectivity index (χ1n) is 9.60. The molecule has 1 atom stereocenters. The minimum Gasteiger partial charge on any atom is -0.479 e. The molecule has 2 amide bonds. The number of fused-ring (bicyclic) bond motifs is 1. The summed E-state index contributed by atoms with van der Waals surface area (Å²) >= 11 is 0. The summed E-state index contributed by atoms with van der Waals surface area (Å²) in [6.07, 6.45) is 0.856. The van der Waals surface area contributed by atoms with Crippen molar-refractivity contribution in [1.29, 1.82) is 0 Å². The highest BCUT2D eigenvalue weighted by molar-refractivity contribution is 7.89. The van der Waals surface area contributed by atoms with Crippen LogP contribution in [0.2, 0.25) is 0 Å². The maximum atomic E-state index is 13.3. The van der Waals surface area contributed by atoms with Crippen LogP contribution in [-0.2, 0) is 14.8 Å². The number of hydrogen-bond acceptors (Lipinski definition) is 6. The van der Waals surface area contributed by atoms with Crippen LogP contribution < -0.4 is 10.1 Å². The number of carbonyl (C=O) groups is 2. The van der Waals surface area contributed by atoms with E-state index < -0.39 is 16.1 Å². The van der Waals surface area contributed by atoms with Crippen LogP contribution in [0, 0.1) is 6.92 Å². The second kappa shape index (κ2) is 7.69. The lowest BCUT2D eigenvalue weighted by Gasteiger charge is -2.34. The molecule has 4 rings (SSSR count). The van der Waals surface area contributed by atoms with Gasteiger partial charge in [0.1, 0.15) is 11.4 Å². The summed E-state index contributed by atoms with van der Waals surface area (Å²) in [7, 11) is -3.78. The van der Waals surface area contributed by atoms with E-state index >= 15 is 0 Å². The van der Waals surface area contributed by atoms with E-state index in [1.165, 1.54) is 10.4 Å². The average molecular weight is 430 g/mol. The van der Waals surface area contributed by atoms with E-state index in [1.54, 1.807) is 49.2 Å². The van der Waals surface area contributed by atoms with Gasteiger partial charge in [-0.2, -0.15) is 4.31 Å². The van der Waals surface area contributed by atoms with Crippen molar-refractivity contribution in [3.8, 4) is 5.75 Å². The fourth-order valence-corrected chi connectivity index (χ4v) is 5.19. The van der Waals surface area contributed by atoms with Crippen LogP contribution in [0.3, 0.4) is 0 Å². The topological polar surface area (TPSA) is 109 Å². The first kappa shape index (κ1) is 20.3. The van der Waals surface area contributed by atoms with E-state index in [9.17, 15) is 18.0 Å². The Morgan fingerprint density at radius 1 is 1.20 bits per heavy atom. The number of hydrogen-bond donors (Lipinski definition) is 1. The highest BCUT2D eigenvalue weighted by Gasteiger charge is 2.33. The maximum absolute atomic E-state index is 13.3. The Morgan fingerprint density at radius 3 is 2.60 bits per heavy atom. The van der Waals surface area contributed by atoms with Gasteiger partial charge in [0, 0.05) is 38.4 Å². The number of carbonyl (C=O) groups excluding carboxylic acids is 2. The van der Waals surface area contributed by atoms with Crippen LogP contribution in [0.15, 0.2) is 41.4 Å². The van der Waals surface area contributed by atoms with Gasteiger partial charge in [-0.1, -0.05) is 6.07 Å². The molecule has 0 spiro atoms. The minimum absolute atomic E-state index is 0.133. The summed E-state index contributed by atoms with van der Waals surface area (Å²) in [5.74, 6) is -0.155. The molecule has 0 saturated carbocycles. The number of nitrogens with zero attached hydrogens (tertiary/aromatic N) is 3. The van der Waals surface area contributed by atoms with E-state index in [0.717, 1.165) is 0 Å². The molecule has 2 aliphatic heterocycles. The third-order valence-electron chi connectivity index (χ3n) is 5.24. The molecule has 9 nitrogen and oxygen atoms in total. The molecule has 2 aromatic rings. The summed E-state index contributed by atoms with van der Waals surface area (Å²) in [6, 6.07) is 8.18. The lowest BCUT2D eigenvalue weighted by atomic mass is 10.1. The number of nitrogens with one attached hydrogen (secondary N) is 1. The highest BCUT2D eigenvalue weighted by Crippen LogP contribution is 2.35. The summed E-state index contributed by atoms with van der Waals surface area (Å²) in [5.41, 5.74) is 1.31. The molecule has 1 saturated heterocycles. The number of piperazine rings is 1. The van der Waals surface area contributed by atoms with Crippen LogP contribution in [0.4, 0.5) is 5.69 Å². The molecule has 158 valence electrons. The zero-order chi connectivity index (χ0) is 21.5. The summed E-state index contributed by atoms with van der Waals surface area (Å²) in [5, 5.41) is 2.72. The molecule has 2 aliphatic rings. The fraction of sp³-hybridized carbons (Fsp3) is 0.350. The van der Waals surface area contributed by atoms with Crippen LogP contribution in [0.5, 0.6) is 5.75 Å². The Kier molecular flexibility index (Phi) is 5.20. The van der Waals surface area contributed by atoms with Gasteiger partial charge in [-0.25, -0.2) is 8.42 Å². The number of aromatic nitrogens is 1. The third kappa shape index (κ3) is 3.63. The van der Waals surface area contributed by atoms with Crippen molar-refractivity contribution in [2.45, 2.75) is 24.8 Å². The van der Waals surface area contributed by atoms with E-state index in [-0.39, 0.29) is 42.9 Å². The predicted octanol–water partition coefficient (Wildman–Crippen LogP) is 1.26. The van der Waals surface area contributed by atoms with Gasteiger partial charge in [0.05, 0.1) is 10.6 Å². The number of anilines is 1. The van der Waals surface area contributed by atoms with E-state index in [0.29, 0.717) is 22.7 Å². The van der Waals surface area contributed by atoms with Crippen LogP contribution in [-0.4, -0.2) is 66.7 Å². The van der Waals surface area contributed by atoms with Gasteiger partial charge in [0.25, 0.3) is 11.8 Å². The number of benzene rings is 1. The molecular formula is C20H22N4O5S. The smallest absolute Gasteiger partial charge is 0.272 e. The van der Waals surface area contributed by atoms with Gasteiger partial charge in [0.15, 0.2) is 6.10 Å². The van der Waals surface area contributed by atoms with Crippen molar-refractivity contribution in [3.63, 3.8) is 0 Å². The van der Waals surface area contributed by atoms with Crippen molar-refractivity contribution in [2.24, 2.45) is 0 Å². The van der Waals surface area contributed by atoms with Crippen molar-refractivity contribution < 1.29 is 22.7 Å². The van der Waals surface area contributed by atoms with Crippen molar-refractivity contribution in [3.05, 3.63) is 47.8 Å². The number of ether oxygens (including phenoxy) is 1. The molecule has 1 N–H and O–H groups in total. The van der Waals surface area contributed by atoms with Crippen molar-refractivity contribution in [2.75, 3.05) is 31.5 Å². The molecular weight excluding hydrogens is 408 g/mol. The van der Waals surface area contributed by atoms with E-state index in [4.69, 9.17) is 4.74 Å².